The first-order valence-corrected chi connectivity index (χ1v) is 5.06. The molecule has 0 amide bonds. The highest BCUT2D eigenvalue weighted by Crippen LogP contribution is 2.12. The number of nitrogens with two attached hydrogens (primary N) is 1. The Morgan fingerprint density at radius 3 is 2.73 bits per heavy atom. The van der Waals surface area contributed by atoms with Crippen molar-refractivity contribution in [2.24, 2.45) is 5.73 Å². The van der Waals surface area contributed by atoms with Crippen LogP contribution in [0.25, 0.3) is 0 Å². The van der Waals surface area contributed by atoms with Crippen LogP contribution in [0.4, 0.5) is 0 Å². The number of hydrogen-bond acceptors (Lipinski definition) is 4. The molecule has 0 fully saturated rings. The van der Waals surface area contributed by atoms with Crippen molar-refractivity contribution in [3.05, 3.63) is 22.7 Å². The molecule has 5 nitrogen and oxygen atoms in total. The van der Waals surface area contributed by atoms with Crippen LogP contribution in [0.15, 0.2) is 17.2 Å². The van der Waals surface area contributed by atoms with Crippen molar-refractivity contribution in [1.82, 2.24) is 9.97 Å². The Balaban J connectivity index is 2.60. The maximum absolute atomic E-state index is 10.9. The maximum atomic E-state index is 10.9. The van der Waals surface area contributed by atoms with Crippen LogP contribution in [0, 0.1) is 0 Å². The van der Waals surface area contributed by atoms with E-state index in [9.17, 15) is 4.79 Å². The SMILES string of the molecule is CCC(N)(CC)COc1cc(=O)[nH]cn1. The van der Waals surface area contributed by atoms with E-state index in [1.54, 1.807) is 0 Å². The molecule has 0 spiro atoms. The maximum Gasteiger partial charge on any atom is 0.254 e. The predicted octanol–water partition coefficient (Wildman–Crippen LogP) is 0.666. The van der Waals surface area contributed by atoms with E-state index in [0.29, 0.717) is 12.5 Å². The molecular weight excluding hydrogens is 194 g/mol. The molecule has 5 heteroatoms. The van der Waals surface area contributed by atoms with E-state index in [1.807, 2.05) is 13.8 Å². The lowest BCUT2D eigenvalue weighted by Crippen LogP contribution is -2.44. The number of hydrogen-bond donors (Lipinski definition) is 2. The third-order valence-electron chi connectivity index (χ3n) is 2.57. The number of nitrogens with one attached hydrogen (secondary N) is 1. The second kappa shape index (κ2) is 4.93. The van der Waals surface area contributed by atoms with Gasteiger partial charge in [0.2, 0.25) is 5.88 Å². The van der Waals surface area contributed by atoms with E-state index < -0.39 is 0 Å². The highest BCUT2D eigenvalue weighted by atomic mass is 16.5. The standard InChI is InChI=1S/C10H17N3O2/c1-3-10(11,4-2)6-15-9-5-8(14)12-7-13-9/h5,7H,3-4,6,11H2,1-2H3,(H,12,13,14). The predicted molar refractivity (Wildman–Crippen MR) is 57.9 cm³/mol. The molecule has 0 atom stereocenters. The van der Waals surface area contributed by atoms with Crippen LogP contribution >= 0.6 is 0 Å². The van der Waals surface area contributed by atoms with Crippen molar-refractivity contribution in [3.63, 3.8) is 0 Å². The Bertz CT molecular complexity index is 358. The first-order chi connectivity index (χ1) is 7.09. The van der Waals surface area contributed by atoms with Gasteiger partial charge in [-0.05, 0) is 12.8 Å². The van der Waals surface area contributed by atoms with Crippen molar-refractivity contribution in [2.75, 3.05) is 6.61 Å². The summed E-state index contributed by atoms with van der Waals surface area (Å²) < 4.78 is 5.38. The number of aromatic nitrogens is 2. The third-order valence-corrected chi connectivity index (χ3v) is 2.57. The van der Waals surface area contributed by atoms with Gasteiger partial charge in [0, 0.05) is 5.54 Å². The molecule has 0 bridgehead atoms. The van der Waals surface area contributed by atoms with Crippen LogP contribution in [0.5, 0.6) is 5.88 Å². The largest absolute Gasteiger partial charge is 0.476 e. The van der Waals surface area contributed by atoms with Gasteiger partial charge in [-0.2, -0.15) is 0 Å². The van der Waals surface area contributed by atoms with Crippen molar-refractivity contribution in [3.8, 4) is 5.88 Å². The number of nitrogens with zero attached hydrogens (tertiary/aromatic N) is 1. The highest BCUT2D eigenvalue weighted by molar-refractivity contribution is 5.05. The van der Waals surface area contributed by atoms with E-state index in [2.05, 4.69) is 9.97 Å². The molecule has 0 aliphatic carbocycles. The van der Waals surface area contributed by atoms with E-state index >= 15 is 0 Å². The zero-order valence-electron chi connectivity index (χ0n) is 9.12. The molecule has 1 rings (SSSR count). The smallest absolute Gasteiger partial charge is 0.254 e. The fourth-order valence-electron chi connectivity index (χ4n) is 1.10. The zero-order valence-corrected chi connectivity index (χ0v) is 9.12. The van der Waals surface area contributed by atoms with E-state index in [-0.39, 0.29) is 11.1 Å². The van der Waals surface area contributed by atoms with Gasteiger partial charge in [0.1, 0.15) is 6.61 Å². The van der Waals surface area contributed by atoms with Gasteiger partial charge in [-0.15, -0.1) is 0 Å². The average molecular weight is 211 g/mol. The fourth-order valence-corrected chi connectivity index (χ4v) is 1.10. The van der Waals surface area contributed by atoms with E-state index in [1.165, 1.54) is 12.4 Å². The topological polar surface area (TPSA) is 81.0 Å². The summed E-state index contributed by atoms with van der Waals surface area (Å²) >= 11 is 0. The molecule has 0 radical (unpaired) electrons. The number of ether oxygens (including phenoxy) is 1. The van der Waals surface area contributed by atoms with E-state index in [0.717, 1.165) is 12.8 Å². The number of rotatable bonds is 5. The molecule has 1 aromatic heterocycles. The molecule has 3 N–H and O–H groups in total. The summed E-state index contributed by atoms with van der Waals surface area (Å²) in [6, 6.07) is 1.31. The van der Waals surface area contributed by atoms with Crippen LogP contribution in [0.1, 0.15) is 26.7 Å². The second-order valence-electron chi connectivity index (χ2n) is 3.61. The fraction of sp³-hybridized carbons (Fsp3) is 0.600. The lowest BCUT2D eigenvalue weighted by molar-refractivity contribution is 0.200. The first-order valence-electron chi connectivity index (χ1n) is 5.06. The molecule has 0 saturated heterocycles. The second-order valence-corrected chi connectivity index (χ2v) is 3.61. The van der Waals surface area contributed by atoms with Crippen LogP contribution in [0.2, 0.25) is 0 Å². The molecule has 0 aliphatic rings. The molecule has 0 unspecified atom stereocenters. The molecular formula is C10H17N3O2. The summed E-state index contributed by atoms with van der Waals surface area (Å²) in [6.45, 7) is 4.40. The average Bonchev–Trinajstić information content (AvgIpc) is 2.26. The quantitative estimate of drug-likeness (QED) is 0.750. The van der Waals surface area contributed by atoms with Gasteiger partial charge in [0.25, 0.3) is 5.56 Å². The Labute approximate surface area is 88.7 Å². The lowest BCUT2D eigenvalue weighted by atomic mass is 9.96. The Hall–Kier alpha value is -1.36. The summed E-state index contributed by atoms with van der Waals surface area (Å²) in [5.41, 5.74) is 5.47. The number of H-pyrrole nitrogens is 1. The highest BCUT2D eigenvalue weighted by Gasteiger charge is 2.21. The van der Waals surface area contributed by atoms with Crippen LogP contribution in [-0.2, 0) is 0 Å². The van der Waals surface area contributed by atoms with Gasteiger partial charge in [-0.1, -0.05) is 13.8 Å². The Kier molecular flexibility index (Phi) is 3.85. The third kappa shape index (κ3) is 3.36. The van der Waals surface area contributed by atoms with Gasteiger partial charge in [0.15, 0.2) is 0 Å². The summed E-state index contributed by atoms with van der Waals surface area (Å²) in [7, 11) is 0. The molecule has 0 saturated carbocycles. The molecule has 15 heavy (non-hydrogen) atoms. The first kappa shape index (κ1) is 11.7. The lowest BCUT2D eigenvalue weighted by Gasteiger charge is -2.25. The molecule has 84 valence electrons. The monoisotopic (exact) mass is 211 g/mol. The van der Waals surface area contributed by atoms with Gasteiger partial charge in [0.05, 0.1) is 12.4 Å². The van der Waals surface area contributed by atoms with E-state index in [4.69, 9.17) is 10.5 Å². The summed E-state index contributed by atoms with van der Waals surface area (Å²) in [6.07, 6.45) is 2.97. The van der Waals surface area contributed by atoms with Crippen molar-refractivity contribution in [2.45, 2.75) is 32.2 Å². The minimum atomic E-state index is -0.343. The summed E-state index contributed by atoms with van der Waals surface area (Å²) in [4.78, 5) is 17.2. The molecule has 0 aromatic carbocycles. The zero-order chi connectivity index (χ0) is 11.3. The Morgan fingerprint density at radius 1 is 1.53 bits per heavy atom. The minimum Gasteiger partial charge on any atom is -0.476 e. The van der Waals surface area contributed by atoms with Gasteiger partial charge < -0.3 is 15.5 Å². The normalized spacial score (nSPS) is 11.4. The van der Waals surface area contributed by atoms with Crippen molar-refractivity contribution < 1.29 is 4.74 Å². The van der Waals surface area contributed by atoms with Crippen molar-refractivity contribution in [1.29, 1.82) is 0 Å². The number of aromatic amines is 1. The van der Waals surface area contributed by atoms with Crippen LogP contribution in [-0.4, -0.2) is 22.1 Å². The van der Waals surface area contributed by atoms with Gasteiger partial charge in [-0.3, -0.25) is 4.79 Å². The van der Waals surface area contributed by atoms with Crippen LogP contribution < -0.4 is 16.0 Å². The Morgan fingerprint density at radius 2 is 2.20 bits per heavy atom. The molecule has 1 aromatic rings. The minimum absolute atomic E-state index is 0.226. The molecule has 1 heterocycles. The van der Waals surface area contributed by atoms with Gasteiger partial charge in [-0.25, -0.2) is 4.98 Å². The van der Waals surface area contributed by atoms with Crippen LogP contribution in [0.3, 0.4) is 0 Å². The molecule has 0 aliphatic heterocycles. The van der Waals surface area contributed by atoms with Crippen molar-refractivity contribution >= 4 is 0 Å². The summed E-state index contributed by atoms with van der Waals surface area (Å²) in [5.74, 6) is 0.315. The van der Waals surface area contributed by atoms with Gasteiger partial charge >= 0.3 is 0 Å². The summed E-state index contributed by atoms with van der Waals surface area (Å²) in [5, 5.41) is 0.